The number of amides is 1. The lowest BCUT2D eigenvalue weighted by atomic mass is 9.93. The first-order chi connectivity index (χ1) is 17.7. The first-order valence-corrected chi connectivity index (χ1v) is 11.8. The van der Waals surface area contributed by atoms with Crippen molar-refractivity contribution in [3.63, 3.8) is 0 Å². The highest BCUT2D eigenvalue weighted by Crippen LogP contribution is 2.41. The van der Waals surface area contributed by atoms with Crippen molar-refractivity contribution in [3.8, 4) is 5.75 Å². The van der Waals surface area contributed by atoms with Crippen LogP contribution in [0.3, 0.4) is 0 Å². The average molecular weight is 558 g/mol. The van der Waals surface area contributed by atoms with Crippen molar-refractivity contribution in [1.29, 1.82) is 0 Å². The van der Waals surface area contributed by atoms with Crippen molar-refractivity contribution < 1.29 is 35.9 Å². The number of carbonyl (C=O) groups is 1. The third kappa shape index (κ3) is 6.05. The van der Waals surface area contributed by atoms with Crippen LogP contribution >= 0.6 is 11.6 Å². The first kappa shape index (κ1) is 27.7. The third-order valence-electron chi connectivity index (χ3n) is 6.23. The molecule has 12 heteroatoms. The van der Waals surface area contributed by atoms with Crippen LogP contribution in [0.1, 0.15) is 43.1 Å². The minimum absolute atomic E-state index is 0.237. The molecule has 0 spiro atoms. The Morgan fingerprint density at radius 3 is 2.18 bits per heavy atom. The van der Waals surface area contributed by atoms with Crippen molar-refractivity contribution in [2.24, 2.45) is 0 Å². The summed E-state index contributed by atoms with van der Waals surface area (Å²) in [5, 5.41) is 3.61. The zero-order valence-electron chi connectivity index (χ0n) is 20.1. The van der Waals surface area contributed by atoms with Gasteiger partial charge in [-0.2, -0.15) is 13.2 Å². The number of hydrogen-bond acceptors (Lipinski definition) is 4. The normalized spacial score (nSPS) is 18.7. The van der Waals surface area contributed by atoms with Crippen LogP contribution < -0.4 is 15.0 Å². The van der Waals surface area contributed by atoms with Gasteiger partial charge in [0.05, 0.1) is 12.1 Å². The summed E-state index contributed by atoms with van der Waals surface area (Å²) in [6, 6.07) is 12.6. The Labute approximate surface area is 219 Å². The van der Waals surface area contributed by atoms with E-state index in [0.29, 0.717) is 21.8 Å². The minimum atomic E-state index is -4.86. The van der Waals surface area contributed by atoms with E-state index in [1.54, 1.807) is 38.1 Å². The van der Waals surface area contributed by atoms with E-state index in [0.717, 1.165) is 24.4 Å². The highest BCUT2D eigenvalue weighted by Gasteiger charge is 2.44. The van der Waals surface area contributed by atoms with E-state index in [-0.39, 0.29) is 12.3 Å². The Kier molecular flexibility index (Phi) is 7.37. The molecule has 2 heterocycles. The van der Waals surface area contributed by atoms with Gasteiger partial charge in [-0.15, -0.1) is 13.2 Å². The first-order valence-electron chi connectivity index (χ1n) is 11.4. The quantitative estimate of drug-likeness (QED) is 0.331. The van der Waals surface area contributed by atoms with Gasteiger partial charge in [0.2, 0.25) is 5.91 Å². The van der Waals surface area contributed by atoms with Gasteiger partial charge in [0.15, 0.2) is 0 Å². The number of nitrogens with one attached hydrogen (secondary N) is 1. The predicted octanol–water partition coefficient (Wildman–Crippen LogP) is 7.02. The van der Waals surface area contributed by atoms with Crippen LogP contribution in [0.2, 0.25) is 5.02 Å². The van der Waals surface area contributed by atoms with Crippen LogP contribution in [0.4, 0.5) is 32.0 Å². The molecule has 0 saturated carbocycles. The topological polar surface area (TPSA) is 54.5 Å². The van der Waals surface area contributed by atoms with E-state index >= 15 is 0 Å². The van der Waals surface area contributed by atoms with Crippen LogP contribution in [0, 0.1) is 0 Å². The number of hydrogen-bond donors (Lipinski definition) is 1. The van der Waals surface area contributed by atoms with E-state index in [2.05, 4.69) is 15.0 Å². The molecule has 4 rings (SSSR count). The summed E-state index contributed by atoms with van der Waals surface area (Å²) in [7, 11) is 0. The molecule has 1 fully saturated rings. The van der Waals surface area contributed by atoms with Crippen LogP contribution in [-0.4, -0.2) is 23.3 Å². The maximum atomic E-state index is 13.7. The number of pyridine rings is 1. The molecule has 2 atom stereocenters. The van der Waals surface area contributed by atoms with Gasteiger partial charge in [-0.05, 0) is 67.8 Å². The maximum Gasteiger partial charge on any atom is 0.573 e. The Morgan fingerprint density at radius 1 is 0.974 bits per heavy atom. The van der Waals surface area contributed by atoms with E-state index in [4.69, 9.17) is 11.6 Å². The molecule has 1 aliphatic rings. The number of benzene rings is 2. The molecule has 1 saturated heterocycles. The fraction of sp³-hybridized carbons (Fsp3) is 0.308. The molecule has 1 N–H and O–H groups in total. The number of alkyl halides is 6. The lowest BCUT2D eigenvalue weighted by Gasteiger charge is -2.30. The standard InChI is InChI=1S/C26H22ClF6N3O2/c1-24(2,15-7-12-22(34-14-15)25(28,29)30)35-20-13-21(18-5-3-4-6-19(18)27)36(23(20)37)16-8-10-17(11-9-16)38-26(31,32)33/h3-12,14,20-21,35H,13H2,1-2H3/t20-,21-/m1/s1. The Balaban J connectivity index is 1.64. The van der Waals surface area contributed by atoms with E-state index in [1.165, 1.54) is 23.1 Å². The van der Waals surface area contributed by atoms with Crippen molar-refractivity contribution in [2.45, 2.75) is 50.4 Å². The second-order valence-corrected chi connectivity index (χ2v) is 9.68. The largest absolute Gasteiger partial charge is 0.573 e. The van der Waals surface area contributed by atoms with Gasteiger partial charge in [-0.25, -0.2) is 0 Å². The monoisotopic (exact) mass is 557 g/mol. The van der Waals surface area contributed by atoms with Gasteiger partial charge in [-0.1, -0.05) is 35.9 Å². The Bertz CT molecular complexity index is 1290. The van der Waals surface area contributed by atoms with Gasteiger partial charge < -0.3 is 9.64 Å². The van der Waals surface area contributed by atoms with Gasteiger partial charge >= 0.3 is 12.5 Å². The molecule has 38 heavy (non-hydrogen) atoms. The Hall–Kier alpha value is -3.31. The zero-order chi connectivity index (χ0) is 27.9. The summed E-state index contributed by atoms with van der Waals surface area (Å²) in [4.78, 5) is 18.6. The minimum Gasteiger partial charge on any atom is -0.406 e. The van der Waals surface area contributed by atoms with Crippen molar-refractivity contribution in [3.05, 3.63) is 88.7 Å². The molecule has 1 amide bonds. The van der Waals surface area contributed by atoms with Crippen molar-refractivity contribution >= 4 is 23.2 Å². The predicted molar refractivity (Wildman–Crippen MR) is 129 cm³/mol. The molecule has 202 valence electrons. The lowest BCUT2D eigenvalue weighted by Crippen LogP contribution is -2.47. The summed E-state index contributed by atoms with van der Waals surface area (Å²) in [5.74, 6) is -0.819. The molecular formula is C26H22ClF6N3O2. The summed E-state index contributed by atoms with van der Waals surface area (Å²) in [6.07, 6.45) is -8.10. The molecule has 1 aromatic heterocycles. The number of nitrogens with zero attached hydrogens (tertiary/aromatic N) is 2. The molecular weight excluding hydrogens is 536 g/mol. The van der Waals surface area contributed by atoms with Gasteiger partial charge in [0, 0.05) is 22.4 Å². The second kappa shape index (κ2) is 10.1. The van der Waals surface area contributed by atoms with Crippen LogP contribution in [-0.2, 0) is 16.5 Å². The van der Waals surface area contributed by atoms with E-state index in [9.17, 15) is 31.1 Å². The average Bonchev–Trinajstić information content (AvgIpc) is 3.13. The molecule has 0 aliphatic carbocycles. The number of anilines is 1. The summed E-state index contributed by atoms with van der Waals surface area (Å²) < 4.78 is 80.5. The van der Waals surface area contributed by atoms with Crippen LogP contribution in [0.5, 0.6) is 5.75 Å². The number of rotatable bonds is 6. The fourth-order valence-corrected chi connectivity index (χ4v) is 4.71. The lowest BCUT2D eigenvalue weighted by molar-refractivity contribution is -0.274. The molecule has 3 aromatic rings. The fourth-order valence-electron chi connectivity index (χ4n) is 4.45. The smallest absolute Gasteiger partial charge is 0.406 e. The van der Waals surface area contributed by atoms with Crippen molar-refractivity contribution in [2.75, 3.05) is 4.90 Å². The maximum absolute atomic E-state index is 13.7. The summed E-state index contributed by atoms with van der Waals surface area (Å²) >= 11 is 6.43. The number of halogens is 7. The number of aromatic nitrogens is 1. The van der Waals surface area contributed by atoms with Gasteiger partial charge in [0.1, 0.15) is 11.4 Å². The second-order valence-electron chi connectivity index (χ2n) is 9.27. The molecule has 5 nitrogen and oxygen atoms in total. The van der Waals surface area contributed by atoms with E-state index < -0.39 is 41.6 Å². The number of carbonyl (C=O) groups excluding carboxylic acids is 1. The van der Waals surface area contributed by atoms with Crippen LogP contribution in [0.25, 0.3) is 0 Å². The summed E-state index contributed by atoms with van der Waals surface area (Å²) in [5.41, 5.74) is -0.594. The Morgan fingerprint density at radius 2 is 1.63 bits per heavy atom. The van der Waals surface area contributed by atoms with Gasteiger partial charge in [0.25, 0.3) is 0 Å². The SMILES string of the molecule is CC(C)(N[C@@H]1C[C@H](c2ccccc2Cl)N(c2ccc(OC(F)(F)F)cc2)C1=O)c1ccc(C(F)(F)F)nc1. The number of ether oxygens (including phenoxy) is 1. The molecule has 0 bridgehead atoms. The highest BCUT2D eigenvalue weighted by molar-refractivity contribution is 6.31. The van der Waals surface area contributed by atoms with Crippen LogP contribution in [0.15, 0.2) is 66.9 Å². The third-order valence-corrected chi connectivity index (χ3v) is 6.57. The zero-order valence-corrected chi connectivity index (χ0v) is 20.8. The van der Waals surface area contributed by atoms with E-state index in [1.807, 2.05) is 0 Å². The van der Waals surface area contributed by atoms with Crippen molar-refractivity contribution in [1.82, 2.24) is 10.3 Å². The molecule has 0 radical (unpaired) electrons. The molecule has 2 aromatic carbocycles. The highest BCUT2D eigenvalue weighted by atomic mass is 35.5. The van der Waals surface area contributed by atoms with Gasteiger partial charge in [-0.3, -0.25) is 15.1 Å². The molecule has 0 unspecified atom stereocenters. The molecule has 1 aliphatic heterocycles. The summed E-state index contributed by atoms with van der Waals surface area (Å²) in [6.45, 7) is 3.42.